The van der Waals surface area contributed by atoms with Crippen molar-refractivity contribution in [3.05, 3.63) is 82.0 Å². The van der Waals surface area contributed by atoms with Gasteiger partial charge < -0.3 is 14.2 Å². The molecule has 2 rings (SSSR count). The molecular formula is C28H34O4. The number of methoxy groups -OCH3 is 1. The van der Waals surface area contributed by atoms with Crippen LogP contribution >= 0.6 is 0 Å². The summed E-state index contributed by atoms with van der Waals surface area (Å²) in [4.78, 5) is 13.1. The van der Waals surface area contributed by atoms with Crippen LogP contribution < -0.4 is 9.47 Å². The van der Waals surface area contributed by atoms with Gasteiger partial charge in [-0.1, -0.05) is 59.7 Å². The molecule has 0 atom stereocenters. The lowest BCUT2D eigenvalue weighted by Crippen LogP contribution is -2.13. The summed E-state index contributed by atoms with van der Waals surface area (Å²) >= 11 is 0. The fourth-order valence-corrected chi connectivity index (χ4v) is 3.12. The molecule has 0 aromatic heterocycles. The van der Waals surface area contributed by atoms with Crippen LogP contribution in [0, 0.1) is 0 Å². The third-order valence-corrected chi connectivity index (χ3v) is 4.76. The van der Waals surface area contributed by atoms with Gasteiger partial charge in [-0.25, -0.2) is 4.79 Å². The summed E-state index contributed by atoms with van der Waals surface area (Å²) in [7, 11) is 1.63. The van der Waals surface area contributed by atoms with Gasteiger partial charge in [0.25, 0.3) is 0 Å². The molecule has 4 nitrogen and oxygen atoms in total. The standard InChI is InChI=1S/C28H34O4/c1-7-31-28(29)26-23(15-14-22-11-9-8-10-12-22)19-25(30-6)24(16-13-20(2)3)27(26)32-18-17-21(4)5/h8-15,17,19H,7,16,18H2,1-6H3. The number of ether oxygens (including phenoxy) is 3. The summed E-state index contributed by atoms with van der Waals surface area (Å²) in [5, 5.41) is 0. The van der Waals surface area contributed by atoms with Crippen LogP contribution in [0.1, 0.15) is 61.7 Å². The summed E-state index contributed by atoms with van der Waals surface area (Å²) in [6.07, 6.45) is 8.54. The van der Waals surface area contributed by atoms with Crippen LogP contribution in [0.15, 0.2) is 59.7 Å². The lowest BCUT2D eigenvalue weighted by Gasteiger charge is -2.19. The largest absolute Gasteiger partial charge is 0.496 e. The van der Waals surface area contributed by atoms with Crippen molar-refractivity contribution in [2.45, 2.75) is 41.0 Å². The van der Waals surface area contributed by atoms with E-state index in [1.165, 1.54) is 5.57 Å². The van der Waals surface area contributed by atoms with Crippen LogP contribution in [0.3, 0.4) is 0 Å². The highest BCUT2D eigenvalue weighted by Crippen LogP contribution is 2.38. The van der Waals surface area contributed by atoms with Crippen molar-refractivity contribution in [2.24, 2.45) is 0 Å². The van der Waals surface area contributed by atoms with Gasteiger partial charge in [0.15, 0.2) is 0 Å². The molecular weight excluding hydrogens is 400 g/mol. The third-order valence-electron chi connectivity index (χ3n) is 4.76. The first-order chi connectivity index (χ1) is 15.4. The van der Waals surface area contributed by atoms with Gasteiger partial charge in [-0.05, 0) is 64.3 Å². The van der Waals surface area contributed by atoms with Crippen LogP contribution in [0.4, 0.5) is 0 Å². The van der Waals surface area contributed by atoms with E-state index in [9.17, 15) is 4.79 Å². The summed E-state index contributed by atoms with van der Waals surface area (Å²) in [5.74, 6) is 0.773. The van der Waals surface area contributed by atoms with E-state index in [0.29, 0.717) is 35.7 Å². The molecule has 0 unspecified atom stereocenters. The minimum absolute atomic E-state index is 0.281. The molecule has 0 amide bonds. The molecule has 0 fully saturated rings. The maximum Gasteiger partial charge on any atom is 0.342 e. The first-order valence-corrected chi connectivity index (χ1v) is 10.9. The van der Waals surface area contributed by atoms with Gasteiger partial charge >= 0.3 is 5.97 Å². The predicted octanol–water partition coefficient (Wildman–Crippen LogP) is 6.90. The number of carbonyl (C=O) groups excluding carboxylic acids is 1. The van der Waals surface area contributed by atoms with E-state index in [-0.39, 0.29) is 6.61 Å². The second kappa shape index (κ2) is 12.6. The summed E-state index contributed by atoms with van der Waals surface area (Å²) in [5.41, 5.74) is 5.28. The van der Waals surface area contributed by atoms with E-state index >= 15 is 0 Å². The van der Waals surface area contributed by atoms with Crippen molar-refractivity contribution < 1.29 is 19.0 Å². The maximum atomic E-state index is 13.1. The van der Waals surface area contributed by atoms with E-state index in [1.807, 2.05) is 82.3 Å². The summed E-state index contributed by atoms with van der Waals surface area (Å²) in [6.45, 7) is 10.5. The second-order valence-corrected chi connectivity index (χ2v) is 7.89. The normalized spacial score (nSPS) is 10.6. The van der Waals surface area contributed by atoms with Crippen LogP contribution in [-0.4, -0.2) is 26.3 Å². The highest BCUT2D eigenvalue weighted by atomic mass is 16.5. The van der Waals surface area contributed by atoms with Crippen molar-refractivity contribution >= 4 is 18.1 Å². The minimum Gasteiger partial charge on any atom is -0.496 e. The first kappa shape index (κ1) is 25.0. The Labute approximate surface area is 192 Å². The minimum atomic E-state index is -0.409. The molecule has 0 spiro atoms. The molecule has 0 bridgehead atoms. The Bertz CT molecular complexity index is 990. The third kappa shape index (κ3) is 7.16. The first-order valence-electron chi connectivity index (χ1n) is 10.9. The maximum absolute atomic E-state index is 13.1. The SMILES string of the molecule is CCOC(=O)c1c(C=Cc2ccccc2)cc(OC)c(CC=C(C)C)c1OCC=C(C)C. The number of allylic oxidation sites excluding steroid dienone is 3. The zero-order valence-electron chi connectivity index (χ0n) is 20.0. The molecule has 0 radical (unpaired) electrons. The van der Waals surface area contributed by atoms with Gasteiger partial charge in [0.05, 0.1) is 13.7 Å². The van der Waals surface area contributed by atoms with Gasteiger partial charge in [-0.15, -0.1) is 0 Å². The monoisotopic (exact) mass is 434 g/mol. The van der Waals surface area contributed by atoms with Crippen LogP contribution in [0.25, 0.3) is 12.2 Å². The lowest BCUT2D eigenvalue weighted by molar-refractivity contribution is 0.0521. The Morgan fingerprint density at radius 1 is 0.969 bits per heavy atom. The van der Waals surface area contributed by atoms with E-state index in [0.717, 1.165) is 16.7 Å². The molecule has 0 saturated heterocycles. The van der Waals surface area contributed by atoms with Crippen LogP contribution in [-0.2, 0) is 11.2 Å². The molecule has 0 aliphatic carbocycles. The molecule has 4 heteroatoms. The lowest BCUT2D eigenvalue weighted by atomic mass is 9.97. The van der Waals surface area contributed by atoms with Crippen molar-refractivity contribution in [2.75, 3.05) is 20.3 Å². The Kier molecular flexibility index (Phi) is 9.80. The highest BCUT2D eigenvalue weighted by Gasteiger charge is 2.24. The van der Waals surface area contributed by atoms with Crippen molar-refractivity contribution in [3.63, 3.8) is 0 Å². The number of benzene rings is 2. The molecule has 2 aromatic carbocycles. The average molecular weight is 435 g/mol. The van der Waals surface area contributed by atoms with Crippen LogP contribution in [0.2, 0.25) is 0 Å². The average Bonchev–Trinajstić information content (AvgIpc) is 2.76. The van der Waals surface area contributed by atoms with Crippen molar-refractivity contribution in [3.8, 4) is 11.5 Å². The quantitative estimate of drug-likeness (QED) is 0.232. The van der Waals surface area contributed by atoms with E-state index in [2.05, 4.69) is 6.08 Å². The topological polar surface area (TPSA) is 44.8 Å². The molecule has 32 heavy (non-hydrogen) atoms. The highest BCUT2D eigenvalue weighted by molar-refractivity contribution is 5.99. The zero-order valence-corrected chi connectivity index (χ0v) is 20.0. The fourth-order valence-electron chi connectivity index (χ4n) is 3.12. The van der Waals surface area contributed by atoms with E-state index in [1.54, 1.807) is 14.0 Å². The second-order valence-electron chi connectivity index (χ2n) is 7.89. The van der Waals surface area contributed by atoms with Gasteiger partial charge in [-0.2, -0.15) is 0 Å². The Morgan fingerprint density at radius 2 is 1.66 bits per heavy atom. The van der Waals surface area contributed by atoms with Gasteiger partial charge in [0, 0.05) is 5.56 Å². The number of rotatable bonds is 10. The van der Waals surface area contributed by atoms with Crippen molar-refractivity contribution in [1.29, 1.82) is 0 Å². The summed E-state index contributed by atoms with van der Waals surface area (Å²) < 4.78 is 17.3. The molecule has 170 valence electrons. The predicted molar refractivity (Wildman–Crippen MR) is 132 cm³/mol. The number of carbonyl (C=O) groups is 1. The molecule has 0 aliphatic rings. The molecule has 0 aliphatic heterocycles. The molecule has 0 heterocycles. The molecule has 0 saturated carbocycles. The van der Waals surface area contributed by atoms with Crippen LogP contribution in [0.5, 0.6) is 11.5 Å². The molecule has 0 N–H and O–H groups in total. The zero-order chi connectivity index (χ0) is 23.5. The fraction of sp³-hybridized carbons (Fsp3) is 0.321. The Morgan fingerprint density at radius 3 is 2.25 bits per heavy atom. The number of hydrogen-bond donors (Lipinski definition) is 0. The van der Waals surface area contributed by atoms with Crippen molar-refractivity contribution in [1.82, 2.24) is 0 Å². The van der Waals surface area contributed by atoms with Gasteiger partial charge in [0.1, 0.15) is 23.7 Å². The van der Waals surface area contributed by atoms with E-state index in [4.69, 9.17) is 14.2 Å². The molecule has 2 aromatic rings. The Balaban J connectivity index is 2.72. The van der Waals surface area contributed by atoms with E-state index < -0.39 is 5.97 Å². The number of hydrogen-bond acceptors (Lipinski definition) is 4. The Hall–Kier alpha value is -3.27. The smallest absolute Gasteiger partial charge is 0.342 e. The van der Waals surface area contributed by atoms with Gasteiger partial charge in [0.2, 0.25) is 0 Å². The number of esters is 1. The van der Waals surface area contributed by atoms with Gasteiger partial charge in [-0.3, -0.25) is 0 Å². The summed E-state index contributed by atoms with van der Waals surface area (Å²) in [6, 6.07) is 11.8.